The van der Waals surface area contributed by atoms with Gasteiger partial charge in [0.05, 0.1) is 5.56 Å². The van der Waals surface area contributed by atoms with Crippen molar-refractivity contribution in [3.05, 3.63) is 35.4 Å². The summed E-state index contributed by atoms with van der Waals surface area (Å²) in [6.45, 7) is 0.376. The van der Waals surface area contributed by atoms with Crippen molar-refractivity contribution in [3.63, 3.8) is 0 Å². The van der Waals surface area contributed by atoms with Gasteiger partial charge < -0.3 is 10.8 Å². The van der Waals surface area contributed by atoms with Crippen molar-refractivity contribution in [2.45, 2.75) is 6.54 Å². The molecule has 1 aromatic rings. The molecule has 0 unspecified atom stereocenters. The Morgan fingerprint density at radius 3 is 2.67 bits per heavy atom. The van der Waals surface area contributed by atoms with E-state index in [1.54, 1.807) is 24.3 Å². The zero-order valence-corrected chi connectivity index (χ0v) is 7.17. The molecule has 66 valence electrons. The zero-order chi connectivity index (χ0) is 8.27. The average molecular weight is 188 g/mol. The van der Waals surface area contributed by atoms with Crippen LogP contribution in [0.4, 0.5) is 0 Å². The summed E-state index contributed by atoms with van der Waals surface area (Å²) in [5.41, 5.74) is 6.45. The molecule has 0 aromatic heterocycles. The van der Waals surface area contributed by atoms with E-state index in [0.717, 1.165) is 5.56 Å². The number of aromatic carboxylic acids is 1. The van der Waals surface area contributed by atoms with Crippen LogP contribution in [0.5, 0.6) is 0 Å². The van der Waals surface area contributed by atoms with Gasteiger partial charge in [0.15, 0.2) is 0 Å². The molecule has 0 radical (unpaired) electrons. The quantitative estimate of drug-likeness (QED) is 0.733. The van der Waals surface area contributed by atoms with E-state index >= 15 is 0 Å². The van der Waals surface area contributed by atoms with Crippen molar-refractivity contribution < 1.29 is 9.90 Å². The summed E-state index contributed by atoms with van der Waals surface area (Å²) in [7, 11) is 0. The van der Waals surface area contributed by atoms with Gasteiger partial charge in [-0.15, -0.1) is 12.4 Å². The lowest BCUT2D eigenvalue weighted by molar-refractivity contribution is 0.0697. The van der Waals surface area contributed by atoms with Crippen molar-refractivity contribution in [3.8, 4) is 0 Å². The van der Waals surface area contributed by atoms with Crippen LogP contribution in [0.1, 0.15) is 15.9 Å². The molecule has 0 aliphatic carbocycles. The first-order valence-electron chi connectivity index (χ1n) is 3.26. The molecule has 0 saturated heterocycles. The fourth-order valence-electron chi connectivity index (χ4n) is 0.831. The van der Waals surface area contributed by atoms with Gasteiger partial charge in [-0.2, -0.15) is 0 Å². The third-order valence-corrected chi connectivity index (χ3v) is 1.41. The molecule has 1 rings (SSSR count). The van der Waals surface area contributed by atoms with Gasteiger partial charge in [-0.3, -0.25) is 0 Å². The second kappa shape index (κ2) is 4.74. The lowest BCUT2D eigenvalue weighted by Gasteiger charge is -1.97. The minimum absolute atomic E-state index is 0. The highest BCUT2D eigenvalue weighted by molar-refractivity contribution is 5.87. The Morgan fingerprint density at radius 2 is 2.17 bits per heavy atom. The van der Waals surface area contributed by atoms with Crippen LogP contribution in [0.3, 0.4) is 0 Å². The van der Waals surface area contributed by atoms with Crippen LogP contribution in [0, 0.1) is 0 Å². The molecule has 0 atom stereocenters. The number of nitrogens with two attached hydrogens (primary N) is 1. The van der Waals surface area contributed by atoms with Crippen LogP contribution in [0.2, 0.25) is 0 Å². The summed E-state index contributed by atoms with van der Waals surface area (Å²) in [4.78, 5) is 10.4. The Kier molecular flexibility index (Phi) is 4.33. The second-order valence-corrected chi connectivity index (χ2v) is 2.21. The van der Waals surface area contributed by atoms with Gasteiger partial charge in [0, 0.05) is 6.54 Å². The number of carbonyl (C=O) groups is 1. The fourth-order valence-corrected chi connectivity index (χ4v) is 0.831. The first kappa shape index (κ1) is 10.9. The Bertz CT molecular complexity index is 276. The van der Waals surface area contributed by atoms with Gasteiger partial charge in [0.25, 0.3) is 0 Å². The van der Waals surface area contributed by atoms with Crippen LogP contribution in [-0.2, 0) is 6.54 Å². The van der Waals surface area contributed by atoms with Gasteiger partial charge >= 0.3 is 5.97 Å². The first-order chi connectivity index (χ1) is 5.24. The molecule has 0 amide bonds. The summed E-state index contributed by atoms with van der Waals surface area (Å²) < 4.78 is 0. The van der Waals surface area contributed by atoms with Crippen molar-refractivity contribution in [2.24, 2.45) is 5.73 Å². The molecule has 0 aliphatic heterocycles. The summed E-state index contributed by atoms with van der Waals surface area (Å²) in [5, 5.41) is 8.56. The monoisotopic (exact) mass is 187 g/mol. The summed E-state index contributed by atoms with van der Waals surface area (Å²) in [6.07, 6.45) is 0. The zero-order valence-electron chi connectivity index (χ0n) is 6.36. The van der Waals surface area contributed by atoms with E-state index in [2.05, 4.69) is 0 Å². The number of hydrogen-bond acceptors (Lipinski definition) is 2. The number of benzene rings is 1. The number of carboxylic acids is 1. The van der Waals surface area contributed by atoms with E-state index < -0.39 is 5.97 Å². The number of carboxylic acid groups (broad SMARTS) is 1. The van der Waals surface area contributed by atoms with Crippen LogP contribution in [-0.4, -0.2) is 11.1 Å². The molecular formula is C8H10ClNO2. The highest BCUT2D eigenvalue weighted by Crippen LogP contribution is 2.03. The predicted octanol–water partition coefficient (Wildman–Crippen LogP) is 1.27. The molecule has 0 spiro atoms. The molecule has 12 heavy (non-hydrogen) atoms. The van der Waals surface area contributed by atoms with Gasteiger partial charge in [0.1, 0.15) is 0 Å². The number of rotatable bonds is 2. The molecule has 3 N–H and O–H groups in total. The van der Waals surface area contributed by atoms with E-state index in [4.69, 9.17) is 10.8 Å². The first-order valence-corrected chi connectivity index (χ1v) is 3.26. The average Bonchev–Trinajstić information content (AvgIpc) is 2.05. The van der Waals surface area contributed by atoms with Crippen molar-refractivity contribution in [1.29, 1.82) is 0 Å². The Morgan fingerprint density at radius 1 is 1.50 bits per heavy atom. The summed E-state index contributed by atoms with van der Waals surface area (Å²) in [6, 6.07) is 6.60. The SMILES string of the molecule is Cl.NCc1cccc(C(=O)O)c1. The van der Waals surface area contributed by atoms with Gasteiger partial charge in [0.2, 0.25) is 0 Å². The molecule has 1 aromatic carbocycles. The molecule has 0 aliphatic rings. The molecular weight excluding hydrogens is 178 g/mol. The van der Waals surface area contributed by atoms with Crippen molar-refractivity contribution in [2.75, 3.05) is 0 Å². The van der Waals surface area contributed by atoms with Gasteiger partial charge in [-0.05, 0) is 17.7 Å². The van der Waals surface area contributed by atoms with Crippen LogP contribution in [0.25, 0.3) is 0 Å². The third-order valence-electron chi connectivity index (χ3n) is 1.41. The lowest BCUT2D eigenvalue weighted by Crippen LogP contribution is -2.00. The number of halogens is 1. The highest BCUT2D eigenvalue weighted by Gasteiger charge is 2.00. The minimum Gasteiger partial charge on any atom is -0.478 e. The maximum Gasteiger partial charge on any atom is 0.335 e. The minimum atomic E-state index is -0.916. The molecule has 3 nitrogen and oxygen atoms in total. The van der Waals surface area contributed by atoms with Gasteiger partial charge in [-0.25, -0.2) is 4.79 Å². The fraction of sp³-hybridized carbons (Fsp3) is 0.125. The van der Waals surface area contributed by atoms with Gasteiger partial charge in [-0.1, -0.05) is 12.1 Å². The summed E-state index contributed by atoms with van der Waals surface area (Å²) >= 11 is 0. The summed E-state index contributed by atoms with van der Waals surface area (Å²) in [5.74, 6) is -0.916. The Balaban J connectivity index is 0.00000121. The maximum atomic E-state index is 10.4. The normalized spacial score (nSPS) is 8.75. The predicted molar refractivity (Wildman–Crippen MR) is 48.5 cm³/mol. The van der Waals surface area contributed by atoms with E-state index in [1.807, 2.05) is 0 Å². The van der Waals surface area contributed by atoms with Crippen LogP contribution < -0.4 is 5.73 Å². The van der Waals surface area contributed by atoms with Crippen molar-refractivity contribution in [1.82, 2.24) is 0 Å². The van der Waals surface area contributed by atoms with Crippen molar-refractivity contribution >= 4 is 18.4 Å². The molecule has 0 saturated carbocycles. The van der Waals surface area contributed by atoms with E-state index in [9.17, 15) is 4.79 Å². The smallest absolute Gasteiger partial charge is 0.335 e. The molecule has 4 heteroatoms. The standard InChI is InChI=1S/C8H9NO2.ClH/c9-5-6-2-1-3-7(4-6)8(10)11;/h1-4H,5,9H2,(H,10,11);1H. The van der Waals surface area contributed by atoms with E-state index in [0.29, 0.717) is 6.54 Å². The van der Waals surface area contributed by atoms with Crippen LogP contribution in [0.15, 0.2) is 24.3 Å². The Labute approximate surface area is 76.6 Å². The Hall–Kier alpha value is -1.06. The lowest BCUT2D eigenvalue weighted by atomic mass is 10.1. The topological polar surface area (TPSA) is 63.3 Å². The molecule has 0 fully saturated rings. The maximum absolute atomic E-state index is 10.4. The number of hydrogen-bond donors (Lipinski definition) is 2. The van der Waals surface area contributed by atoms with E-state index in [-0.39, 0.29) is 18.0 Å². The van der Waals surface area contributed by atoms with Crippen LogP contribution >= 0.6 is 12.4 Å². The third kappa shape index (κ3) is 2.53. The second-order valence-electron chi connectivity index (χ2n) is 2.21. The van der Waals surface area contributed by atoms with E-state index in [1.165, 1.54) is 0 Å². The molecule has 0 bridgehead atoms. The largest absolute Gasteiger partial charge is 0.478 e. The molecule has 0 heterocycles. The highest BCUT2D eigenvalue weighted by atomic mass is 35.5.